The Bertz CT molecular complexity index is 579. The highest BCUT2D eigenvalue weighted by Gasteiger charge is 2.32. The zero-order valence-corrected chi connectivity index (χ0v) is 12.0. The largest absolute Gasteiger partial charge is 0.308 e. The molecule has 2 unspecified atom stereocenters. The van der Waals surface area contributed by atoms with Gasteiger partial charge in [0.15, 0.2) is 0 Å². The summed E-state index contributed by atoms with van der Waals surface area (Å²) in [5.74, 6) is 0.392. The van der Waals surface area contributed by atoms with E-state index < -0.39 is 0 Å². The van der Waals surface area contributed by atoms with Gasteiger partial charge in [-0.1, -0.05) is 13.0 Å². The number of rotatable bonds is 4. The highest BCUT2D eigenvalue weighted by atomic mass is 15.0. The van der Waals surface area contributed by atoms with Crippen molar-refractivity contribution in [2.45, 2.75) is 38.6 Å². The zero-order chi connectivity index (χ0) is 13.9. The van der Waals surface area contributed by atoms with Crippen LogP contribution in [0.5, 0.6) is 0 Å². The van der Waals surface area contributed by atoms with Crippen molar-refractivity contribution in [3.8, 4) is 0 Å². The molecule has 2 aromatic rings. The van der Waals surface area contributed by atoms with Gasteiger partial charge >= 0.3 is 0 Å². The van der Waals surface area contributed by atoms with E-state index in [0.29, 0.717) is 5.92 Å². The second kappa shape index (κ2) is 5.67. The monoisotopic (exact) mass is 268 g/mol. The van der Waals surface area contributed by atoms with Crippen LogP contribution in [0.4, 0.5) is 0 Å². The molecule has 1 aliphatic rings. The summed E-state index contributed by atoms with van der Waals surface area (Å²) in [6, 6.07) is 4.41. The molecule has 20 heavy (non-hydrogen) atoms. The molecule has 0 aromatic carbocycles. The van der Waals surface area contributed by atoms with Crippen LogP contribution in [0.3, 0.4) is 0 Å². The van der Waals surface area contributed by atoms with E-state index in [4.69, 9.17) is 0 Å². The molecule has 1 aliphatic carbocycles. The maximum Gasteiger partial charge on any atom is 0.0763 e. The molecule has 0 saturated carbocycles. The van der Waals surface area contributed by atoms with Gasteiger partial charge in [-0.25, -0.2) is 0 Å². The second-order valence-electron chi connectivity index (χ2n) is 5.31. The van der Waals surface area contributed by atoms with Crippen molar-refractivity contribution in [2.24, 2.45) is 0 Å². The molecular weight excluding hydrogens is 248 g/mol. The van der Waals surface area contributed by atoms with E-state index in [9.17, 15) is 0 Å². The molecule has 0 fully saturated rings. The Balaban J connectivity index is 1.94. The van der Waals surface area contributed by atoms with Crippen molar-refractivity contribution >= 4 is 0 Å². The number of hydrogen-bond acceptors (Lipinski definition) is 4. The molecule has 2 heterocycles. The first-order valence-electron chi connectivity index (χ1n) is 7.25. The molecule has 1 N–H and O–H groups in total. The molecule has 0 aliphatic heterocycles. The van der Waals surface area contributed by atoms with Gasteiger partial charge in [0.05, 0.1) is 23.6 Å². The van der Waals surface area contributed by atoms with Crippen LogP contribution in [0, 0.1) is 6.92 Å². The lowest BCUT2D eigenvalue weighted by Crippen LogP contribution is -2.27. The third-order valence-electron chi connectivity index (χ3n) is 3.95. The molecule has 2 aromatic heterocycles. The van der Waals surface area contributed by atoms with Gasteiger partial charge in [-0.05, 0) is 37.9 Å². The van der Waals surface area contributed by atoms with Gasteiger partial charge in [-0.3, -0.25) is 15.0 Å². The Morgan fingerprint density at radius 1 is 1.30 bits per heavy atom. The van der Waals surface area contributed by atoms with Gasteiger partial charge in [-0.15, -0.1) is 0 Å². The summed E-state index contributed by atoms with van der Waals surface area (Å²) < 4.78 is 0. The van der Waals surface area contributed by atoms with Crippen molar-refractivity contribution in [1.82, 2.24) is 20.3 Å². The Morgan fingerprint density at radius 3 is 2.95 bits per heavy atom. The van der Waals surface area contributed by atoms with Crippen LogP contribution < -0.4 is 5.32 Å². The Hall–Kier alpha value is -1.81. The molecule has 0 bridgehead atoms. The van der Waals surface area contributed by atoms with Crippen LogP contribution >= 0.6 is 0 Å². The van der Waals surface area contributed by atoms with Crippen molar-refractivity contribution < 1.29 is 0 Å². The van der Waals surface area contributed by atoms with Crippen molar-refractivity contribution in [3.63, 3.8) is 0 Å². The van der Waals surface area contributed by atoms with E-state index in [2.05, 4.69) is 33.3 Å². The summed E-state index contributed by atoms with van der Waals surface area (Å²) >= 11 is 0. The predicted octanol–water partition coefficient (Wildman–Crippen LogP) is 2.56. The molecule has 3 rings (SSSR count). The van der Waals surface area contributed by atoms with Crippen molar-refractivity contribution in [2.75, 3.05) is 6.54 Å². The van der Waals surface area contributed by atoms with Crippen molar-refractivity contribution in [1.29, 1.82) is 0 Å². The second-order valence-corrected chi connectivity index (χ2v) is 5.31. The topological polar surface area (TPSA) is 50.7 Å². The van der Waals surface area contributed by atoms with Crippen LogP contribution in [0.15, 0.2) is 30.7 Å². The SMILES string of the molecule is CCNC(c1cnc(C)cn1)C1CCc2cccnc21. The molecule has 0 saturated heterocycles. The van der Waals surface area contributed by atoms with E-state index >= 15 is 0 Å². The van der Waals surface area contributed by atoms with Crippen LogP contribution in [0.2, 0.25) is 0 Å². The number of aryl methyl sites for hydroxylation is 2. The lowest BCUT2D eigenvalue weighted by Gasteiger charge is -2.24. The van der Waals surface area contributed by atoms with Gasteiger partial charge in [-0.2, -0.15) is 0 Å². The first-order valence-corrected chi connectivity index (χ1v) is 7.25. The number of nitrogens with zero attached hydrogens (tertiary/aromatic N) is 3. The van der Waals surface area contributed by atoms with Crippen LogP contribution in [0.1, 0.15) is 47.9 Å². The highest BCUT2D eigenvalue weighted by molar-refractivity contribution is 5.31. The third kappa shape index (κ3) is 2.43. The third-order valence-corrected chi connectivity index (χ3v) is 3.95. The van der Waals surface area contributed by atoms with Crippen LogP contribution in [0.25, 0.3) is 0 Å². The van der Waals surface area contributed by atoms with Gasteiger partial charge in [0.2, 0.25) is 0 Å². The maximum absolute atomic E-state index is 4.60. The van der Waals surface area contributed by atoms with Crippen LogP contribution in [-0.4, -0.2) is 21.5 Å². The lowest BCUT2D eigenvalue weighted by atomic mass is 9.94. The quantitative estimate of drug-likeness (QED) is 0.926. The molecular formula is C16H20N4. The number of hydrogen-bond donors (Lipinski definition) is 1. The first-order chi connectivity index (χ1) is 9.79. The Kier molecular flexibility index (Phi) is 3.74. The fourth-order valence-electron chi connectivity index (χ4n) is 3.00. The maximum atomic E-state index is 4.60. The normalized spacial score (nSPS) is 18.8. The number of fused-ring (bicyclic) bond motifs is 1. The van der Waals surface area contributed by atoms with Gasteiger partial charge in [0, 0.05) is 24.0 Å². The van der Waals surface area contributed by atoms with E-state index in [1.165, 1.54) is 11.3 Å². The minimum Gasteiger partial charge on any atom is -0.308 e. The van der Waals surface area contributed by atoms with Gasteiger partial charge < -0.3 is 5.32 Å². The molecule has 0 spiro atoms. The highest BCUT2D eigenvalue weighted by Crippen LogP contribution is 2.39. The van der Waals surface area contributed by atoms with Crippen molar-refractivity contribution in [3.05, 3.63) is 53.4 Å². The fourth-order valence-corrected chi connectivity index (χ4v) is 3.00. The fraction of sp³-hybridized carbons (Fsp3) is 0.438. The smallest absolute Gasteiger partial charge is 0.0763 e. The standard InChI is InChI=1S/C16H20N4/c1-3-17-16(14-10-19-11(2)9-20-14)13-7-6-12-5-4-8-18-15(12)13/h4-5,8-10,13,16-17H,3,6-7H2,1-2H3. The summed E-state index contributed by atoms with van der Waals surface area (Å²) in [6.45, 7) is 5.01. The average Bonchev–Trinajstić information content (AvgIpc) is 2.90. The molecule has 2 atom stereocenters. The number of nitrogens with one attached hydrogen (secondary N) is 1. The Morgan fingerprint density at radius 2 is 2.20 bits per heavy atom. The van der Waals surface area contributed by atoms with E-state index in [1.54, 1.807) is 0 Å². The van der Waals surface area contributed by atoms with E-state index in [1.807, 2.05) is 31.6 Å². The minimum atomic E-state index is 0.198. The molecule has 0 amide bonds. The lowest BCUT2D eigenvalue weighted by molar-refractivity contribution is 0.437. The Labute approximate surface area is 119 Å². The van der Waals surface area contributed by atoms with Gasteiger partial charge in [0.25, 0.3) is 0 Å². The molecule has 104 valence electrons. The molecule has 4 nitrogen and oxygen atoms in total. The summed E-state index contributed by atoms with van der Waals surface area (Å²) in [6.07, 6.45) is 7.85. The molecule has 0 radical (unpaired) electrons. The number of likely N-dealkylation sites (N-methyl/N-ethyl adjacent to an activating group) is 1. The predicted molar refractivity (Wildman–Crippen MR) is 78.5 cm³/mol. The van der Waals surface area contributed by atoms with Gasteiger partial charge in [0.1, 0.15) is 0 Å². The summed E-state index contributed by atoms with van der Waals surface area (Å²) in [4.78, 5) is 13.5. The zero-order valence-electron chi connectivity index (χ0n) is 12.0. The average molecular weight is 268 g/mol. The summed E-state index contributed by atoms with van der Waals surface area (Å²) in [5.41, 5.74) is 4.57. The minimum absolute atomic E-state index is 0.198. The van der Waals surface area contributed by atoms with E-state index in [-0.39, 0.29) is 6.04 Å². The number of aromatic nitrogens is 3. The molecule has 4 heteroatoms. The van der Waals surface area contributed by atoms with E-state index in [0.717, 1.165) is 30.8 Å². The summed E-state index contributed by atoms with van der Waals surface area (Å²) in [5, 5.41) is 3.56. The first kappa shape index (κ1) is 13.2. The van der Waals surface area contributed by atoms with Crippen LogP contribution in [-0.2, 0) is 6.42 Å². The summed E-state index contributed by atoms with van der Waals surface area (Å²) in [7, 11) is 0. The number of pyridine rings is 1.